The molecule has 0 fully saturated rings. The Bertz CT molecular complexity index is 550. The van der Waals surface area contributed by atoms with Crippen LogP contribution in [0.4, 0.5) is 0 Å². The van der Waals surface area contributed by atoms with Crippen molar-refractivity contribution in [2.75, 3.05) is 13.1 Å². The van der Waals surface area contributed by atoms with Gasteiger partial charge in [0.15, 0.2) is 0 Å². The quantitative estimate of drug-likeness (QED) is 0.854. The molecule has 1 aliphatic rings. The molecule has 1 aromatic carbocycles. The van der Waals surface area contributed by atoms with E-state index >= 15 is 0 Å². The Hall–Kier alpha value is -0.580. The van der Waals surface area contributed by atoms with Crippen LogP contribution in [0.15, 0.2) is 17.0 Å². The highest BCUT2D eigenvalue weighted by atomic mass is 35.5. The minimum Gasteiger partial charge on any atom is -0.207 e. The first-order chi connectivity index (χ1) is 8.50. The van der Waals surface area contributed by atoms with E-state index in [4.69, 9.17) is 11.6 Å². The van der Waals surface area contributed by atoms with Gasteiger partial charge in [-0.05, 0) is 42.5 Å². The van der Waals surface area contributed by atoms with Crippen molar-refractivity contribution in [3.05, 3.63) is 28.3 Å². The molecule has 0 saturated carbocycles. The molecule has 0 heterocycles. The molecule has 5 heteroatoms. The molecule has 0 radical (unpaired) electrons. The third-order valence-corrected chi connectivity index (χ3v) is 5.98. The number of halogens is 1. The zero-order valence-corrected chi connectivity index (χ0v) is 12.3. The van der Waals surface area contributed by atoms with Crippen molar-refractivity contribution in [2.45, 2.75) is 38.0 Å². The topological polar surface area (TPSA) is 37.4 Å². The summed E-state index contributed by atoms with van der Waals surface area (Å²) in [5, 5.41) is 0.350. The lowest BCUT2D eigenvalue weighted by molar-refractivity contribution is 0.445. The van der Waals surface area contributed by atoms with E-state index in [2.05, 4.69) is 0 Å². The molecule has 0 unspecified atom stereocenters. The highest BCUT2D eigenvalue weighted by Crippen LogP contribution is 2.32. The summed E-state index contributed by atoms with van der Waals surface area (Å²) in [6, 6.07) is 3.58. The highest BCUT2D eigenvalue weighted by molar-refractivity contribution is 7.89. The zero-order valence-electron chi connectivity index (χ0n) is 10.7. The Morgan fingerprint density at radius 1 is 1.17 bits per heavy atom. The second kappa shape index (κ2) is 5.19. The molecule has 0 amide bonds. The van der Waals surface area contributed by atoms with Crippen molar-refractivity contribution < 1.29 is 8.42 Å². The molecule has 0 saturated heterocycles. The molecule has 100 valence electrons. The number of fused-ring (bicyclic) bond motifs is 1. The van der Waals surface area contributed by atoms with E-state index < -0.39 is 10.0 Å². The van der Waals surface area contributed by atoms with Crippen LogP contribution < -0.4 is 0 Å². The number of benzene rings is 1. The fourth-order valence-corrected chi connectivity index (χ4v) is 4.51. The number of rotatable bonds is 4. The zero-order chi connectivity index (χ0) is 13.3. The third kappa shape index (κ3) is 2.29. The number of aryl methyl sites for hydroxylation is 2. The van der Waals surface area contributed by atoms with E-state index in [1.165, 1.54) is 9.87 Å². The summed E-state index contributed by atoms with van der Waals surface area (Å²) in [6.45, 7) is 4.60. The maximum absolute atomic E-state index is 12.5. The number of hydrogen-bond acceptors (Lipinski definition) is 2. The summed E-state index contributed by atoms with van der Waals surface area (Å²) in [5.74, 6) is 0. The Morgan fingerprint density at radius 3 is 2.28 bits per heavy atom. The molecule has 3 nitrogen and oxygen atoms in total. The van der Waals surface area contributed by atoms with E-state index in [0.29, 0.717) is 18.1 Å². The van der Waals surface area contributed by atoms with E-state index in [1.807, 2.05) is 19.9 Å². The summed E-state index contributed by atoms with van der Waals surface area (Å²) in [6.07, 6.45) is 3.04. The van der Waals surface area contributed by atoms with Crippen molar-refractivity contribution in [1.29, 1.82) is 0 Å². The molecule has 0 N–H and O–H groups in total. The summed E-state index contributed by atoms with van der Waals surface area (Å²) in [7, 11) is -3.45. The van der Waals surface area contributed by atoms with E-state index in [1.54, 1.807) is 6.07 Å². The predicted molar refractivity (Wildman–Crippen MR) is 73.6 cm³/mol. The standard InChI is InChI=1S/C13H18ClNO2S/c1-3-15(4-2)18(16,17)13-9-11-7-5-6-10(11)8-12(13)14/h8-9H,3-7H2,1-2H3. The highest BCUT2D eigenvalue weighted by Gasteiger charge is 2.26. The monoisotopic (exact) mass is 287 g/mol. The Kier molecular flexibility index (Phi) is 3.99. The van der Waals surface area contributed by atoms with Crippen LogP contribution in [0.2, 0.25) is 5.02 Å². The van der Waals surface area contributed by atoms with Gasteiger partial charge >= 0.3 is 0 Å². The lowest BCUT2D eigenvalue weighted by atomic mass is 10.1. The van der Waals surface area contributed by atoms with Crippen LogP contribution in [0, 0.1) is 0 Å². The third-order valence-electron chi connectivity index (χ3n) is 3.47. The SMILES string of the molecule is CCN(CC)S(=O)(=O)c1cc2c(cc1Cl)CCC2. The van der Waals surface area contributed by atoms with Gasteiger partial charge in [0.25, 0.3) is 0 Å². The molecule has 0 aliphatic heterocycles. The minimum absolute atomic E-state index is 0.258. The summed E-state index contributed by atoms with van der Waals surface area (Å²) in [4.78, 5) is 0.258. The molecular formula is C13H18ClNO2S. The molecule has 0 aromatic heterocycles. The van der Waals surface area contributed by atoms with Crippen LogP contribution in [0.5, 0.6) is 0 Å². The van der Waals surface area contributed by atoms with E-state index in [0.717, 1.165) is 24.8 Å². The van der Waals surface area contributed by atoms with Gasteiger partial charge in [0.05, 0.1) is 5.02 Å². The Labute approximate surface area is 114 Å². The smallest absolute Gasteiger partial charge is 0.207 e. The van der Waals surface area contributed by atoms with Crippen molar-refractivity contribution in [3.63, 3.8) is 0 Å². The molecule has 0 atom stereocenters. The van der Waals surface area contributed by atoms with Crippen molar-refractivity contribution in [1.82, 2.24) is 4.31 Å². The summed E-state index contributed by atoms with van der Waals surface area (Å²) in [5.41, 5.74) is 2.32. The van der Waals surface area contributed by atoms with Crippen molar-refractivity contribution in [2.24, 2.45) is 0 Å². The van der Waals surface area contributed by atoms with Crippen LogP contribution in [0.3, 0.4) is 0 Å². The van der Waals surface area contributed by atoms with Gasteiger partial charge in [0.1, 0.15) is 4.90 Å². The van der Waals surface area contributed by atoms with Crippen molar-refractivity contribution >= 4 is 21.6 Å². The number of hydrogen-bond donors (Lipinski definition) is 0. The maximum atomic E-state index is 12.5. The Balaban J connectivity index is 2.51. The molecule has 0 spiro atoms. The van der Waals surface area contributed by atoms with Gasteiger partial charge in [-0.3, -0.25) is 0 Å². The van der Waals surface area contributed by atoms with Crippen LogP contribution in [0.1, 0.15) is 31.4 Å². The molecule has 2 rings (SSSR count). The molecule has 0 bridgehead atoms. The number of sulfonamides is 1. The summed E-state index contributed by atoms with van der Waals surface area (Å²) < 4.78 is 26.4. The van der Waals surface area contributed by atoms with Crippen LogP contribution in [0.25, 0.3) is 0 Å². The van der Waals surface area contributed by atoms with Crippen LogP contribution in [-0.4, -0.2) is 25.8 Å². The maximum Gasteiger partial charge on any atom is 0.244 e. The van der Waals surface area contributed by atoms with Crippen LogP contribution >= 0.6 is 11.6 Å². The first-order valence-electron chi connectivity index (χ1n) is 6.32. The number of nitrogens with zero attached hydrogens (tertiary/aromatic N) is 1. The van der Waals surface area contributed by atoms with Gasteiger partial charge in [-0.25, -0.2) is 8.42 Å². The normalized spacial score (nSPS) is 15.1. The minimum atomic E-state index is -3.45. The van der Waals surface area contributed by atoms with Gasteiger partial charge in [0, 0.05) is 13.1 Å². The van der Waals surface area contributed by atoms with E-state index in [-0.39, 0.29) is 4.90 Å². The van der Waals surface area contributed by atoms with Gasteiger partial charge in [-0.2, -0.15) is 4.31 Å². The second-order valence-electron chi connectivity index (χ2n) is 4.49. The first kappa shape index (κ1) is 13.8. The van der Waals surface area contributed by atoms with Crippen LogP contribution in [-0.2, 0) is 22.9 Å². The fourth-order valence-electron chi connectivity index (χ4n) is 2.47. The van der Waals surface area contributed by atoms with Gasteiger partial charge < -0.3 is 0 Å². The fraction of sp³-hybridized carbons (Fsp3) is 0.538. The Morgan fingerprint density at radius 2 is 1.72 bits per heavy atom. The molecule has 1 aromatic rings. The average Bonchev–Trinajstić information content (AvgIpc) is 2.76. The first-order valence-corrected chi connectivity index (χ1v) is 8.14. The van der Waals surface area contributed by atoms with E-state index in [9.17, 15) is 8.42 Å². The van der Waals surface area contributed by atoms with Gasteiger partial charge in [-0.1, -0.05) is 25.4 Å². The predicted octanol–water partition coefficient (Wildman–Crippen LogP) is 2.86. The van der Waals surface area contributed by atoms with Gasteiger partial charge in [-0.15, -0.1) is 0 Å². The molecule has 18 heavy (non-hydrogen) atoms. The largest absolute Gasteiger partial charge is 0.244 e. The van der Waals surface area contributed by atoms with Gasteiger partial charge in [0.2, 0.25) is 10.0 Å². The van der Waals surface area contributed by atoms with Crippen molar-refractivity contribution in [3.8, 4) is 0 Å². The molecular weight excluding hydrogens is 270 g/mol. The lowest BCUT2D eigenvalue weighted by Gasteiger charge is -2.19. The molecule has 1 aliphatic carbocycles. The summed E-state index contributed by atoms with van der Waals surface area (Å²) >= 11 is 6.14. The lowest BCUT2D eigenvalue weighted by Crippen LogP contribution is -2.30. The average molecular weight is 288 g/mol. The second-order valence-corrected chi connectivity index (χ2v) is 6.81.